The molecule has 1 unspecified atom stereocenters. The number of carbonyl (C=O) groups excluding carboxylic acids is 1. The van der Waals surface area contributed by atoms with Crippen molar-refractivity contribution in [1.82, 2.24) is 4.90 Å². The van der Waals surface area contributed by atoms with Crippen molar-refractivity contribution in [3.63, 3.8) is 0 Å². The fourth-order valence-corrected chi connectivity index (χ4v) is 1.43. The Morgan fingerprint density at radius 1 is 1.21 bits per heavy atom. The number of rotatable bonds is 6. The number of hydrogen-bond donors (Lipinski definition) is 0. The van der Waals surface area contributed by atoms with E-state index in [0.717, 1.165) is 25.8 Å². The highest BCUT2D eigenvalue weighted by atomic mass is 16.2. The van der Waals surface area contributed by atoms with E-state index in [2.05, 4.69) is 20.8 Å². The molecule has 0 heterocycles. The van der Waals surface area contributed by atoms with E-state index in [-0.39, 0.29) is 5.92 Å². The molecule has 0 aromatic carbocycles. The minimum absolute atomic E-state index is 0.126. The van der Waals surface area contributed by atoms with Crippen LogP contribution >= 0.6 is 0 Å². The van der Waals surface area contributed by atoms with Crippen LogP contribution in [0.5, 0.6) is 0 Å². The first-order valence-corrected chi connectivity index (χ1v) is 5.85. The lowest BCUT2D eigenvalue weighted by Gasteiger charge is -2.30. The first kappa shape index (κ1) is 13.5. The third-order valence-corrected chi connectivity index (χ3v) is 2.65. The fraction of sp³-hybridized carbons (Fsp3) is 0.917. The predicted molar refractivity (Wildman–Crippen MR) is 61.2 cm³/mol. The second-order valence-electron chi connectivity index (χ2n) is 4.30. The third kappa shape index (κ3) is 4.12. The van der Waals surface area contributed by atoms with E-state index in [9.17, 15) is 4.79 Å². The fourth-order valence-electron chi connectivity index (χ4n) is 1.43. The van der Waals surface area contributed by atoms with Crippen LogP contribution in [0.15, 0.2) is 0 Å². The quantitative estimate of drug-likeness (QED) is 0.644. The monoisotopic (exact) mass is 199 g/mol. The molecular formula is C12H25NO. The van der Waals surface area contributed by atoms with Crippen molar-refractivity contribution in [3.8, 4) is 0 Å². The van der Waals surface area contributed by atoms with Gasteiger partial charge in [0.05, 0.1) is 0 Å². The molecule has 2 nitrogen and oxygen atoms in total. The molecule has 0 radical (unpaired) electrons. The lowest BCUT2D eigenvalue weighted by atomic mass is 10.1. The lowest BCUT2D eigenvalue weighted by molar-refractivity contribution is -0.136. The Kier molecular flexibility index (Phi) is 6.60. The van der Waals surface area contributed by atoms with Crippen LogP contribution in [0.25, 0.3) is 0 Å². The van der Waals surface area contributed by atoms with Crippen molar-refractivity contribution < 1.29 is 4.79 Å². The number of unbranched alkanes of at least 4 members (excludes halogenated alkanes) is 1. The van der Waals surface area contributed by atoms with Gasteiger partial charge in [-0.1, -0.05) is 34.1 Å². The van der Waals surface area contributed by atoms with Gasteiger partial charge < -0.3 is 4.90 Å². The molecule has 0 saturated heterocycles. The summed E-state index contributed by atoms with van der Waals surface area (Å²) in [5.41, 5.74) is 0. The van der Waals surface area contributed by atoms with Gasteiger partial charge >= 0.3 is 0 Å². The smallest absolute Gasteiger partial charge is 0.225 e. The molecule has 0 rings (SSSR count). The Balaban J connectivity index is 4.30. The van der Waals surface area contributed by atoms with Crippen molar-refractivity contribution in [1.29, 1.82) is 0 Å². The SMILES string of the molecule is CCCCN(C(=O)C(C)C)C(C)CC. The molecule has 0 saturated carbocycles. The number of amides is 1. The molecule has 0 aliphatic rings. The zero-order valence-corrected chi connectivity index (χ0v) is 10.3. The van der Waals surface area contributed by atoms with Gasteiger partial charge in [0.1, 0.15) is 0 Å². The van der Waals surface area contributed by atoms with Crippen LogP contribution in [0.1, 0.15) is 53.9 Å². The minimum atomic E-state index is 0.126. The molecular weight excluding hydrogens is 174 g/mol. The topological polar surface area (TPSA) is 20.3 Å². The van der Waals surface area contributed by atoms with Crippen LogP contribution in [0.2, 0.25) is 0 Å². The van der Waals surface area contributed by atoms with Gasteiger partial charge in [-0.15, -0.1) is 0 Å². The molecule has 0 aromatic heterocycles. The first-order chi connectivity index (χ1) is 6.54. The molecule has 2 heteroatoms. The van der Waals surface area contributed by atoms with Gasteiger partial charge in [-0.25, -0.2) is 0 Å². The van der Waals surface area contributed by atoms with E-state index in [0.29, 0.717) is 11.9 Å². The normalized spacial score (nSPS) is 13.0. The molecule has 0 spiro atoms. The van der Waals surface area contributed by atoms with Gasteiger partial charge in [0.15, 0.2) is 0 Å². The number of carbonyl (C=O) groups is 1. The van der Waals surface area contributed by atoms with Crippen molar-refractivity contribution in [2.75, 3.05) is 6.54 Å². The van der Waals surface area contributed by atoms with E-state index >= 15 is 0 Å². The van der Waals surface area contributed by atoms with Gasteiger partial charge in [-0.3, -0.25) is 4.79 Å². The van der Waals surface area contributed by atoms with E-state index in [1.165, 1.54) is 0 Å². The second kappa shape index (κ2) is 6.86. The summed E-state index contributed by atoms with van der Waals surface area (Å²) >= 11 is 0. The maximum absolute atomic E-state index is 11.9. The van der Waals surface area contributed by atoms with Crippen LogP contribution in [-0.4, -0.2) is 23.4 Å². The molecule has 84 valence electrons. The Hall–Kier alpha value is -0.530. The molecule has 0 bridgehead atoms. The Morgan fingerprint density at radius 3 is 2.14 bits per heavy atom. The summed E-state index contributed by atoms with van der Waals surface area (Å²) in [6, 6.07) is 0.386. The van der Waals surface area contributed by atoms with Crippen molar-refractivity contribution in [3.05, 3.63) is 0 Å². The van der Waals surface area contributed by atoms with E-state index in [1.807, 2.05) is 18.7 Å². The Labute approximate surface area is 88.7 Å². The summed E-state index contributed by atoms with van der Waals surface area (Å²) in [6.45, 7) is 11.3. The highest BCUT2D eigenvalue weighted by Gasteiger charge is 2.20. The maximum atomic E-state index is 11.9. The van der Waals surface area contributed by atoms with Crippen molar-refractivity contribution >= 4 is 5.91 Å². The van der Waals surface area contributed by atoms with Crippen LogP contribution in [0, 0.1) is 5.92 Å². The molecule has 1 amide bonds. The average Bonchev–Trinajstić information content (AvgIpc) is 2.17. The molecule has 0 fully saturated rings. The molecule has 0 aliphatic carbocycles. The second-order valence-corrected chi connectivity index (χ2v) is 4.30. The molecule has 14 heavy (non-hydrogen) atoms. The average molecular weight is 199 g/mol. The Morgan fingerprint density at radius 2 is 1.79 bits per heavy atom. The highest BCUT2D eigenvalue weighted by molar-refractivity contribution is 5.78. The van der Waals surface area contributed by atoms with E-state index < -0.39 is 0 Å². The summed E-state index contributed by atoms with van der Waals surface area (Å²) in [5.74, 6) is 0.425. The van der Waals surface area contributed by atoms with Crippen LogP contribution in [-0.2, 0) is 4.79 Å². The van der Waals surface area contributed by atoms with Crippen molar-refractivity contribution in [2.24, 2.45) is 5.92 Å². The summed E-state index contributed by atoms with van der Waals surface area (Å²) in [4.78, 5) is 13.9. The molecule has 0 N–H and O–H groups in total. The van der Waals surface area contributed by atoms with E-state index in [4.69, 9.17) is 0 Å². The minimum Gasteiger partial charge on any atom is -0.340 e. The highest BCUT2D eigenvalue weighted by Crippen LogP contribution is 2.10. The summed E-state index contributed by atoms with van der Waals surface area (Å²) in [6.07, 6.45) is 3.31. The first-order valence-electron chi connectivity index (χ1n) is 5.85. The zero-order chi connectivity index (χ0) is 11.1. The maximum Gasteiger partial charge on any atom is 0.225 e. The van der Waals surface area contributed by atoms with Crippen molar-refractivity contribution in [2.45, 2.75) is 59.9 Å². The number of hydrogen-bond acceptors (Lipinski definition) is 1. The van der Waals surface area contributed by atoms with Gasteiger partial charge in [0.2, 0.25) is 5.91 Å². The summed E-state index contributed by atoms with van der Waals surface area (Å²) in [7, 11) is 0. The number of nitrogens with zero attached hydrogens (tertiary/aromatic N) is 1. The predicted octanol–water partition coefficient (Wildman–Crippen LogP) is 3.07. The van der Waals surface area contributed by atoms with Gasteiger partial charge in [0, 0.05) is 18.5 Å². The molecule has 1 atom stereocenters. The van der Waals surface area contributed by atoms with Gasteiger partial charge in [-0.05, 0) is 19.8 Å². The summed E-state index contributed by atoms with van der Waals surface area (Å²) < 4.78 is 0. The van der Waals surface area contributed by atoms with Crippen LogP contribution < -0.4 is 0 Å². The molecule has 0 aliphatic heterocycles. The van der Waals surface area contributed by atoms with Crippen LogP contribution in [0.4, 0.5) is 0 Å². The zero-order valence-electron chi connectivity index (χ0n) is 10.3. The van der Waals surface area contributed by atoms with E-state index in [1.54, 1.807) is 0 Å². The Bertz CT molecular complexity index is 166. The third-order valence-electron chi connectivity index (χ3n) is 2.65. The van der Waals surface area contributed by atoms with Gasteiger partial charge in [-0.2, -0.15) is 0 Å². The summed E-state index contributed by atoms with van der Waals surface area (Å²) in [5, 5.41) is 0. The largest absolute Gasteiger partial charge is 0.340 e. The molecule has 0 aromatic rings. The van der Waals surface area contributed by atoms with Gasteiger partial charge in [0.25, 0.3) is 0 Å². The lowest BCUT2D eigenvalue weighted by Crippen LogP contribution is -2.41. The standard InChI is InChI=1S/C12H25NO/c1-6-8-9-13(11(5)7-2)12(14)10(3)4/h10-11H,6-9H2,1-5H3. The van der Waals surface area contributed by atoms with Crippen LogP contribution in [0.3, 0.4) is 0 Å².